The predicted octanol–water partition coefficient (Wildman–Crippen LogP) is -1.25. The number of hydrogen-bond acceptors (Lipinski definition) is 5. The molecule has 1 rings (SSSR count). The highest BCUT2D eigenvalue weighted by atomic mass is 35.5. The molecule has 1 amide bonds. The molecule has 0 aromatic rings. The summed E-state index contributed by atoms with van der Waals surface area (Å²) in [6.45, 7) is 3.13. The van der Waals surface area contributed by atoms with Crippen LogP contribution in [0, 0.1) is 0 Å². The van der Waals surface area contributed by atoms with Gasteiger partial charge in [0.25, 0.3) is 0 Å². The smallest absolute Gasteiger partial charge is 0.236 e. The van der Waals surface area contributed by atoms with Crippen molar-refractivity contribution in [3.63, 3.8) is 0 Å². The predicted molar refractivity (Wildman–Crippen MR) is 75.0 cm³/mol. The van der Waals surface area contributed by atoms with Crippen LogP contribution >= 0.6 is 12.4 Å². The third-order valence-electron chi connectivity index (χ3n) is 2.82. The number of nitrogens with zero attached hydrogens (tertiary/aromatic N) is 2. The van der Waals surface area contributed by atoms with Crippen molar-refractivity contribution in [2.24, 2.45) is 0 Å². The maximum Gasteiger partial charge on any atom is 0.236 e. The van der Waals surface area contributed by atoms with Gasteiger partial charge in [0.2, 0.25) is 15.9 Å². The van der Waals surface area contributed by atoms with Gasteiger partial charge in [0, 0.05) is 39.8 Å². The SMILES string of the molecule is COCCNCC(=O)N1CCN(S(C)(=O)=O)CC1.Cl. The van der Waals surface area contributed by atoms with E-state index >= 15 is 0 Å². The fraction of sp³-hybridized carbons (Fsp3) is 0.900. The monoisotopic (exact) mass is 315 g/mol. The lowest BCUT2D eigenvalue weighted by molar-refractivity contribution is -0.131. The minimum Gasteiger partial charge on any atom is -0.383 e. The van der Waals surface area contributed by atoms with Crippen molar-refractivity contribution in [1.29, 1.82) is 0 Å². The molecule has 19 heavy (non-hydrogen) atoms. The molecule has 0 saturated carbocycles. The molecule has 1 heterocycles. The molecule has 0 unspecified atom stereocenters. The van der Waals surface area contributed by atoms with E-state index in [2.05, 4.69) is 5.32 Å². The summed E-state index contributed by atoms with van der Waals surface area (Å²) in [5, 5.41) is 2.98. The number of ether oxygens (including phenoxy) is 1. The Morgan fingerprint density at radius 3 is 2.32 bits per heavy atom. The van der Waals surface area contributed by atoms with Crippen molar-refractivity contribution >= 4 is 28.3 Å². The zero-order valence-electron chi connectivity index (χ0n) is 11.3. The largest absolute Gasteiger partial charge is 0.383 e. The second kappa shape index (κ2) is 8.70. The van der Waals surface area contributed by atoms with Crippen molar-refractivity contribution in [2.75, 3.05) is 59.2 Å². The first-order chi connectivity index (χ1) is 8.45. The molecule has 0 radical (unpaired) electrons. The van der Waals surface area contributed by atoms with E-state index < -0.39 is 10.0 Å². The first kappa shape index (κ1) is 18.6. The quantitative estimate of drug-likeness (QED) is 0.620. The normalized spacial score (nSPS) is 17.1. The van der Waals surface area contributed by atoms with Crippen LogP contribution in [-0.4, -0.2) is 82.8 Å². The highest BCUT2D eigenvalue weighted by Crippen LogP contribution is 2.05. The van der Waals surface area contributed by atoms with Gasteiger partial charge in [0.1, 0.15) is 0 Å². The molecule has 0 bridgehead atoms. The van der Waals surface area contributed by atoms with E-state index in [0.717, 1.165) is 0 Å². The summed E-state index contributed by atoms with van der Waals surface area (Å²) in [6.07, 6.45) is 1.19. The van der Waals surface area contributed by atoms with E-state index in [1.165, 1.54) is 10.6 Å². The Balaban J connectivity index is 0.00000324. The molecule has 1 saturated heterocycles. The van der Waals surface area contributed by atoms with Gasteiger partial charge in [-0.3, -0.25) is 4.79 Å². The summed E-state index contributed by atoms with van der Waals surface area (Å²) in [5.74, 6) is -0.000691. The fourth-order valence-electron chi connectivity index (χ4n) is 1.75. The number of piperazine rings is 1. The number of sulfonamides is 1. The number of carbonyl (C=O) groups excluding carboxylic acids is 1. The molecule has 0 aromatic heterocycles. The van der Waals surface area contributed by atoms with Crippen molar-refractivity contribution in [1.82, 2.24) is 14.5 Å². The lowest BCUT2D eigenvalue weighted by Crippen LogP contribution is -2.52. The zero-order valence-corrected chi connectivity index (χ0v) is 12.9. The van der Waals surface area contributed by atoms with Crippen LogP contribution in [0.4, 0.5) is 0 Å². The van der Waals surface area contributed by atoms with E-state index in [9.17, 15) is 13.2 Å². The summed E-state index contributed by atoms with van der Waals surface area (Å²) in [7, 11) is -1.53. The van der Waals surface area contributed by atoms with Crippen molar-refractivity contribution < 1.29 is 17.9 Å². The van der Waals surface area contributed by atoms with Crippen molar-refractivity contribution in [3.8, 4) is 0 Å². The molecule has 7 nitrogen and oxygen atoms in total. The maximum absolute atomic E-state index is 11.8. The number of amides is 1. The number of methoxy groups -OCH3 is 1. The topological polar surface area (TPSA) is 79.0 Å². The van der Waals surface area contributed by atoms with Gasteiger partial charge in [-0.15, -0.1) is 12.4 Å². The first-order valence-electron chi connectivity index (χ1n) is 5.87. The van der Waals surface area contributed by atoms with Gasteiger partial charge in [0.05, 0.1) is 19.4 Å². The Hall–Kier alpha value is -0.410. The minimum absolute atomic E-state index is 0. The van der Waals surface area contributed by atoms with Crippen LogP contribution in [0.25, 0.3) is 0 Å². The van der Waals surface area contributed by atoms with Gasteiger partial charge in [-0.1, -0.05) is 0 Å². The van der Waals surface area contributed by atoms with Gasteiger partial charge in [-0.25, -0.2) is 8.42 Å². The van der Waals surface area contributed by atoms with Crippen LogP contribution in [0.1, 0.15) is 0 Å². The maximum atomic E-state index is 11.8. The van der Waals surface area contributed by atoms with Gasteiger partial charge in [0.15, 0.2) is 0 Å². The number of hydrogen-bond donors (Lipinski definition) is 1. The number of rotatable bonds is 6. The molecule has 1 fully saturated rings. The second-order valence-corrected chi connectivity index (χ2v) is 6.19. The average molecular weight is 316 g/mol. The molecule has 1 aliphatic rings. The van der Waals surface area contributed by atoms with E-state index in [0.29, 0.717) is 39.3 Å². The molecule has 0 atom stereocenters. The molecule has 0 aliphatic carbocycles. The van der Waals surface area contributed by atoms with Crippen molar-refractivity contribution in [3.05, 3.63) is 0 Å². The average Bonchev–Trinajstić information content (AvgIpc) is 2.33. The molecule has 0 aromatic carbocycles. The van der Waals surface area contributed by atoms with Gasteiger partial charge in [-0.05, 0) is 0 Å². The van der Waals surface area contributed by atoms with Crippen LogP contribution in [0.5, 0.6) is 0 Å². The lowest BCUT2D eigenvalue weighted by Gasteiger charge is -2.33. The minimum atomic E-state index is -3.14. The Labute approximate surface area is 120 Å². The summed E-state index contributed by atoms with van der Waals surface area (Å²) >= 11 is 0. The highest BCUT2D eigenvalue weighted by molar-refractivity contribution is 7.88. The third kappa shape index (κ3) is 6.53. The van der Waals surface area contributed by atoms with Crippen LogP contribution in [0.3, 0.4) is 0 Å². The number of carbonyl (C=O) groups is 1. The van der Waals surface area contributed by atoms with Gasteiger partial charge in [-0.2, -0.15) is 4.31 Å². The van der Waals surface area contributed by atoms with Crippen molar-refractivity contribution in [2.45, 2.75) is 0 Å². The number of nitrogens with one attached hydrogen (secondary N) is 1. The first-order valence-corrected chi connectivity index (χ1v) is 7.72. The van der Waals surface area contributed by atoms with E-state index in [4.69, 9.17) is 4.74 Å². The molecule has 114 valence electrons. The lowest BCUT2D eigenvalue weighted by atomic mass is 10.3. The summed E-state index contributed by atoms with van der Waals surface area (Å²) in [6, 6.07) is 0. The van der Waals surface area contributed by atoms with Crippen LogP contribution in [0.15, 0.2) is 0 Å². The van der Waals surface area contributed by atoms with E-state index in [1.54, 1.807) is 12.0 Å². The Bertz CT molecular complexity index is 369. The summed E-state index contributed by atoms with van der Waals surface area (Å²) < 4.78 is 28.9. The van der Waals surface area contributed by atoms with Gasteiger partial charge < -0.3 is 15.0 Å². The van der Waals surface area contributed by atoms with Gasteiger partial charge >= 0.3 is 0 Å². The molecule has 1 aliphatic heterocycles. The van der Waals surface area contributed by atoms with Crippen LogP contribution in [0.2, 0.25) is 0 Å². The zero-order chi connectivity index (χ0) is 13.6. The Morgan fingerprint density at radius 1 is 1.26 bits per heavy atom. The molecular formula is C10H22ClN3O4S. The molecule has 0 spiro atoms. The summed E-state index contributed by atoms with van der Waals surface area (Å²) in [4.78, 5) is 13.5. The Kier molecular flexibility index (Phi) is 8.51. The fourth-order valence-corrected chi connectivity index (χ4v) is 2.58. The third-order valence-corrected chi connectivity index (χ3v) is 4.12. The van der Waals surface area contributed by atoms with Crippen LogP contribution in [-0.2, 0) is 19.6 Å². The Morgan fingerprint density at radius 2 is 1.84 bits per heavy atom. The van der Waals surface area contributed by atoms with E-state index in [1.807, 2.05) is 0 Å². The molecular weight excluding hydrogens is 294 g/mol. The second-order valence-electron chi connectivity index (χ2n) is 4.21. The standard InChI is InChI=1S/C10H21N3O4S.ClH/c1-17-8-3-11-9-10(14)12-4-6-13(7-5-12)18(2,15)16;/h11H,3-9H2,1-2H3;1H. The molecule has 9 heteroatoms. The highest BCUT2D eigenvalue weighted by Gasteiger charge is 2.25. The molecule has 1 N–H and O–H groups in total. The summed E-state index contributed by atoms with van der Waals surface area (Å²) in [5.41, 5.74) is 0. The van der Waals surface area contributed by atoms with E-state index in [-0.39, 0.29) is 24.9 Å². The van der Waals surface area contributed by atoms with Crippen LogP contribution < -0.4 is 5.32 Å². The number of halogens is 1.